The van der Waals surface area contributed by atoms with Crippen LogP contribution in [0.4, 0.5) is 11.5 Å². The van der Waals surface area contributed by atoms with E-state index in [0.717, 1.165) is 28.1 Å². The molecular formula is C25H30N6O3. The maximum atomic E-state index is 13.1. The molecule has 1 aliphatic rings. The second kappa shape index (κ2) is 8.48. The van der Waals surface area contributed by atoms with Gasteiger partial charge in [0, 0.05) is 44.2 Å². The summed E-state index contributed by atoms with van der Waals surface area (Å²) in [6.07, 6.45) is 5.75. The molecule has 1 atom stereocenters. The van der Waals surface area contributed by atoms with Crippen LogP contribution in [0.2, 0.25) is 0 Å². The van der Waals surface area contributed by atoms with E-state index in [1.165, 1.54) is 12.8 Å². The highest BCUT2D eigenvalue weighted by molar-refractivity contribution is 6.08. The third-order valence-electron chi connectivity index (χ3n) is 5.70. The molecule has 9 heteroatoms. The van der Waals surface area contributed by atoms with Gasteiger partial charge in [0.25, 0.3) is 0 Å². The standard InChI is InChI=1S/C25H30N6O3/c1-7-16-10-17(22(32)29-25(13-26-14-25)23(33)34-24(2,3)4)8-9-19(16)31(6)21-11-20-18(12-27-21)28-15-30(20)5/h8-15,26H,7H2,1-6H3,(H,29,32). The van der Waals surface area contributed by atoms with Crippen LogP contribution in [0.1, 0.15) is 43.6 Å². The molecule has 0 radical (unpaired) electrons. The summed E-state index contributed by atoms with van der Waals surface area (Å²) in [7, 11) is 3.89. The van der Waals surface area contributed by atoms with Crippen molar-refractivity contribution < 1.29 is 19.3 Å². The minimum Gasteiger partial charge on any atom is -0.460 e. The molecule has 3 heterocycles. The lowest BCUT2D eigenvalue weighted by Gasteiger charge is -2.37. The van der Waals surface area contributed by atoms with Gasteiger partial charge in [0.2, 0.25) is 5.91 Å². The van der Waals surface area contributed by atoms with Crippen LogP contribution in [0.15, 0.2) is 36.8 Å². The molecule has 1 unspecified atom stereocenters. The Morgan fingerprint density at radius 1 is 1.26 bits per heavy atom. The fourth-order valence-corrected chi connectivity index (χ4v) is 3.78. The van der Waals surface area contributed by atoms with E-state index in [1.807, 2.05) is 48.7 Å². The Bertz CT molecular complexity index is 1290. The average molecular weight is 463 g/mol. The lowest BCUT2D eigenvalue weighted by Crippen LogP contribution is -2.89. The summed E-state index contributed by atoms with van der Waals surface area (Å²) in [6.45, 7) is 8.91. The molecule has 0 saturated heterocycles. The zero-order valence-electron chi connectivity index (χ0n) is 20.3. The van der Waals surface area contributed by atoms with Gasteiger partial charge < -0.3 is 24.5 Å². The Morgan fingerprint density at radius 2 is 2.00 bits per heavy atom. The zero-order chi connectivity index (χ0) is 24.7. The number of carbonyl (C=O) groups excluding carboxylic acids is 2. The van der Waals surface area contributed by atoms with Gasteiger partial charge in [-0.15, -0.1) is 0 Å². The minimum atomic E-state index is -1.30. The van der Waals surface area contributed by atoms with E-state index >= 15 is 0 Å². The van der Waals surface area contributed by atoms with E-state index in [4.69, 9.17) is 4.74 Å². The smallest absolute Gasteiger partial charge is 0.316 e. The number of benzene rings is 1. The highest BCUT2D eigenvalue weighted by Crippen LogP contribution is 2.29. The molecule has 34 heavy (non-hydrogen) atoms. The summed E-state index contributed by atoms with van der Waals surface area (Å²) in [6, 6.07) is 7.48. The van der Waals surface area contributed by atoms with E-state index < -0.39 is 17.1 Å². The van der Waals surface area contributed by atoms with Gasteiger partial charge >= 0.3 is 5.97 Å². The van der Waals surface area contributed by atoms with Crippen LogP contribution >= 0.6 is 0 Å². The van der Waals surface area contributed by atoms with Crippen molar-refractivity contribution in [3.63, 3.8) is 0 Å². The molecule has 0 bridgehead atoms. The van der Waals surface area contributed by atoms with Crippen molar-refractivity contribution in [1.82, 2.24) is 19.9 Å². The highest BCUT2D eigenvalue weighted by Gasteiger charge is 2.43. The Balaban J connectivity index is 1.57. The number of pyridine rings is 1. The van der Waals surface area contributed by atoms with Crippen LogP contribution in [0.25, 0.3) is 11.0 Å². The summed E-state index contributed by atoms with van der Waals surface area (Å²) in [5, 5.41) is 2.80. The number of fused-ring (bicyclic) bond motifs is 1. The Morgan fingerprint density at radius 3 is 2.62 bits per heavy atom. The number of imidazole rings is 1. The molecule has 2 N–H and O–H groups in total. The predicted octanol–water partition coefficient (Wildman–Crippen LogP) is 1.44. The van der Waals surface area contributed by atoms with Crippen molar-refractivity contribution >= 4 is 40.6 Å². The van der Waals surface area contributed by atoms with Crippen molar-refractivity contribution in [3.8, 4) is 0 Å². The van der Waals surface area contributed by atoms with Crippen LogP contribution in [0.5, 0.6) is 0 Å². The quantitative estimate of drug-likeness (QED) is 0.424. The molecule has 2 aromatic heterocycles. The first-order valence-electron chi connectivity index (χ1n) is 11.2. The number of amides is 1. The Hall–Kier alpha value is -3.88. The number of ether oxygens (including phenoxy) is 1. The number of hydrogen-bond donors (Lipinski definition) is 2. The average Bonchev–Trinajstić information content (AvgIpc) is 3.14. The molecule has 4 rings (SSSR count). The van der Waals surface area contributed by atoms with E-state index in [0.29, 0.717) is 12.0 Å². The maximum Gasteiger partial charge on any atom is 0.316 e. The summed E-state index contributed by atoms with van der Waals surface area (Å²) in [5.74, 6) is -0.120. The van der Waals surface area contributed by atoms with Crippen LogP contribution in [0, 0.1) is 6.54 Å². The van der Waals surface area contributed by atoms with Gasteiger partial charge in [-0.3, -0.25) is 9.59 Å². The van der Waals surface area contributed by atoms with Crippen LogP contribution < -0.4 is 15.2 Å². The maximum absolute atomic E-state index is 13.1. The van der Waals surface area contributed by atoms with Gasteiger partial charge in [-0.2, -0.15) is 0 Å². The lowest BCUT2D eigenvalue weighted by atomic mass is 9.95. The molecule has 1 amide bonds. The van der Waals surface area contributed by atoms with Crippen molar-refractivity contribution in [2.24, 2.45) is 7.05 Å². The second-order valence-electron chi connectivity index (χ2n) is 9.42. The Kier molecular flexibility index (Phi) is 5.80. The van der Waals surface area contributed by atoms with E-state index in [9.17, 15) is 9.59 Å². The summed E-state index contributed by atoms with van der Waals surface area (Å²) in [4.78, 5) is 39.5. The molecule has 1 aromatic carbocycles. The second-order valence-corrected chi connectivity index (χ2v) is 9.42. The molecule has 0 saturated carbocycles. The van der Waals surface area contributed by atoms with Crippen LogP contribution in [0.3, 0.4) is 0 Å². The lowest BCUT2D eigenvalue weighted by molar-refractivity contribution is -0.443. The molecule has 1 aliphatic heterocycles. The fourth-order valence-electron chi connectivity index (χ4n) is 3.78. The normalized spacial score (nSPS) is 17.1. The van der Waals surface area contributed by atoms with Crippen molar-refractivity contribution in [2.45, 2.75) is 45.3 Å². The number of aryl methyl sites for hydroxylation is 2. The number of carbonyl (C=O) groups is 2. The summed E-state index contributed by atoms with van der Waals surface area (Å²) < 4.78 is 7.43. The van der Waals surface area contributed by atoms with E-state index in [2.05, 4.69) is 20.3 Å². The first-order chi connectivity index (χ1) is 16.0. The van der Waals surface area contributed by atoms with E-state index in [1.54, 1.807) is 39.4 Å². The largest absolute Gasteiger partial charge is 0.460 e. The number of nitrogens with one attached hydrogen (secondary N) is 2. The number of anilines is 2. The molecular weight excluding hydrogens is 432 g/mol. The van der Waals surface area contributed by atoms with Gasteiger partial charge in [0.15, 0.2) is 5.54 Å². The molecule has 3 aromatic rings. The third kappa shape index (κ3) is 4.33. The number of aromatic nitrogens is 3. The Labute approximate surface area is 198 Å². The number of esters is 1. The topological polar surface area (TPSA) is 103 Å². The third-order valence-corrected chi connectivity index (χ3v) is 5.70. The first-order valence-corrected chi connectivity index (χ1v) is 11.2. The van der Waals surface area contributed by atoms with Gasteiger partial charge in [-0.05, 0) is 51.0 Å². The molecule has 0 fully saturated rings. The van der Waals surface area contributed by atoms with Crippen LogP contribution in [-0.4, -0.2) is 50.8 Å². The molecule has 0 aliphatic carbocycles. The first kappa shape index (κ1) is 23.3. The predicted molar refractivity (Wildman–Crippen MR) is 130 cm³/mol. The monoisotopic (exact) mass is 462 g/mol. The molecule has 178 valence electrons. The van der Waals surface area contributed by atoms with Gasteiger partial charge in [-0.1, -0.05) is 6.92 Å². The van der Waals surface area contributed by atoms with Gasteiger partial charge in [0.1, 0.15) is 16.9 Å². The van der Waals surface area contributed by atoms with Crippen molar-refractivity contribution in [3.05, 3.63) is 54.5 Å². The number of hydrogen-bond acceptors (Lipinski definition) is 6. The number of nitrogens with zero attached hydrogens (tertiary/aromatic N) is 4. The van der Waals surface area contributed by atoms with Crippen LogP contribution in [-0.2, 0) is 23.0 Å². The van der Waals surface area contributed by atoms with Gasteiger partial charge in [0.05, 0.1) is 18.0 Å². The summed E-state index contributed by atoms with van der Waals surface area (Å²) >= 11 is 0. The SMILES string of the molecule is CCc1cc(C(=O)NC2(C(=O)OC(C)(C)C)C=[NH+][CH-]2)ccc1N(C)c1cc2c(cn1)ncn2C. The highest BCUT2D eigenvalue weighted by atomic mass is 16.6. The molecule has 9 nitrogen and oxygen atoms in total. The van der Waals surface area contributed by atoms with Crippen molar-refractivity contribution in [2.75, 3.05) is 11.9 Å². The van der Waals surface area contributed by atoms with Crippen molar-refractivity contribution in [1.29, 1.82) is 0 Å². The summed E-state index contributed by atoms with van der Waals surface area (Å²) in [5.41, 5.74) is 2.24. The number of rotatable bonds is 6. The fraction of sp³-hybridized carbons (Fsp3) is 0.360. The minimum absolute atomic E-state index is 0.363. The van der Waals surface area contributed by atoms with E-state index in [-0.39, 0.29) is 5.91 Å². The molecule has 0 spiro atoms. The zero-order valence-corrected chi connectivity index (χ0v) is 20.3. The van der Waals surface area contributed by atoms with Gasteiger partial charge in [-0.25, -0.2) is 9.97 Å².